The van der Waals surface area contributed by atoms with E-state index in [1.807, 2.05) is 62.4 Å². The first-order chi connectivity index (χ1) is 9.70. The standard InChI is InChI=1S/C16H16N2OS/c1-11(2)19-13-8-9-14-15(10-13)20-16(18-14)17-12-6-4-3-5-7-12/h3-11H,1-2H3,(H,17,18). The summed E-state index contributed by atoms with van der Waals surface area (Å²) in [6.07, 6.45) is 0.183. The molecule has 2 aromatic carbocycles. The maximum atomic E-state index is 5.71. The first kappa shape index (κ1) is 12.9. The number of hydrogen-bond acceptors (Lipinski definition) is 4. The monoisotopic (exact) mass is 284 g/mol. The number of fused-ring (bicyclic) bond motifs is 1. The number of aromatic nitrogens is 1. The minimum atomic E-state index is 0.183. The SMILES string of the molecule is CC(C)Oc1ccc2nc(Nc3ccccc3)sc2c1. The highest BCUT2D eigenvalue weighted by Gasteiger charge is 2.06. The highest BCUT2D eigenvalue weighted by molar-refractivity contribution is 7.22. The zero-order valence-electron chi connectivity index (χ0n) is 11.5. The van der Waals surface area contributed by atoms with Gasteiger partial charge in [0.1, 0.15) is 5.75 Å². The van der Waals surface area contributed by atoms with Crippen LogP contribution in [0.25, 0.3) is 10.2 Å². The fourth-order valence-electron chi connectivity index (χ4n) is 1.95. The van der Waals surface area contributed by atoms with Gasteiger partial charge in [0, 0.05) is 5.69 Å². The van der Waals surface area contributed by atoms with Crippen molar-refractivity contribution in [3.63, 3.8) is 0 Å². The Morgan fingerprint density at radius 1 is 1.10 bits per heavy atom. The van der Waals surface area contributed by atoms with Crippen molar-refractivity contribution in [1.82, 2.24) is 4.98 Å². The van der Waals surface area contributed by atoms with Gasteiger partial charge in [0.05, 0.1) is 16.3 Å². The van der Waals surface area contributed by atoms with Gasteiger partial charge in [-0.2, -0.15) is 0 Å². The molecule has 20 heavy (non-hydrogen) atoms. The highest BCUT2D eigenvalue weighted by Crippen LogP contribution is 2.31. The lowest BCUT2D eigenvalue weighted by atomic mass is 10.3. The van der Waals surface area contributed by atoms with Crippen LogP contribution in [0.1, 0.15) is 13.8 Å². The van der Waals surface area contributed by atoms with E-state index in [1.165, 1.54) is 0 Å². The maximum absolute atomic E-state index is 5.71. The molecule has 0 saturated heterocycles. The van der Waals surface area contributed by atoms with Crippen LogP contribution < -0.4 is 10.1 Å². The number of anilines is 2. The lowest BCUT2D eigenvalue weighted by Crippen LogP contribution is -2.04. The van der Waals surface area contributed by atoms with Crippen molar-refractivity contribution in [3.05, 3.63) is 48.5 Å². The molecule has 1 aromatic heterocycles. The van der Waals surface area contributed by atoms with Crippen LogP contribution in [-0.4, -0.2) is 11.1 Å². The predicted octanol–water partition coefficient (Wildman–Crippen LogP) is 4.83. The summed E-state index contributed by atoms with van der Waals surface area (Å²) in [5, 5.41) is 4.22. The molecular weight excluding hydrogens is 268 g/mol. The second kappa shape index (κ2) is 5.51. The Labute approximate surface area is 122 Å². The molecule has 3 nitrogen and oxygen atoms in total. The number of benzene rings is 2. The minimum Gasteiger partial charge on any atom is -0.491 e. The molecule has 0 aliphatic rings. The molecule has 4 heteroatoms. The van der Waals surface area contributed by atoms with Gasteiger partial charge in [0.25, 0.3) is 0 Å². The lowest BCUT2D eigenvalue weighted by Gasteiger charge is -2.08. The molecule has 0 radical (unpaired) electrons. The smallest absolute Gasteiger partial charge is 0.188 e. The van der Waals surface area contributed by atoms with E-state index in [9.17, 15) is 0 Å². The highest BCUT2D eigenvalue weighted by atomic mass is 32.1. The molecule has 3 aromatic rings. The van der Waals surface area contributed by atoms with E-state index in [4.69, 9.17) is 4.74 Å². The molecule has 1 heterocycles. The molecular formula is C16H16N2OS. The number of rotatable bonds is 4. The van der Waals surface area contributed by atoms with Gasteiger partial charge >= 0.3 is 0 Å². The largest absolute Gasteiger partial charge is 0.491 e. The molecule has 0 spiro atoms. The zero-order valence-corrected chi connectivity index (χ0v) is 12.3. The molecule has 1 N–H and O–H groups in total. The van der Waals surface area contributed by atoms with E-state index in [2.05, 4.69) is 10.3 Å². The van der Waals surface area contributed by atoms with Gasteiger partial charge in [-0.3, -0.25) is 0 Å². The summed E-state index contributed by atoms with van der Waals surface area (Å²) in [5.74, 6) is 0.891. The molecule has 0 aliphatic heterocycles. The maximum Gasteiger partial charge on any atom is 0.188 e. The average molecular weight is 284 g/mol. The van der Waals surface area contributed by atoms with E-state index in [0.717, 1.165) is 26.8 Å². The first-order valence-corrected chi connectivity index (χ1v) is 7.42. The fraction of sp³-hybridized carbons (Fsp3) is 0.188. The van der Waals surface area contributed by atoms with Crippen LogP contribution in [0, 0.1) is 0 Å². The van der Waals surface area contributed by atoms with Crippen molar-refractivity contribution < 1.29 is 4.74 Å². The van der Waals surface area contributed by atoms with Crippen LogP contribution >= 0.6 is 11.3 Å². The molecule has 0 aliphatic carbocycles. The van der Waals surface area contributed by atoms with Crippen LogP contribution in [0.5, 0.6) is 5.75 Å². The normalized spacial score (nSPS) is 10.9. The molecule has 0 amide bonds. The topological polar surface area (TPSA) is 34.1 Å². The van der Waals surface area contributed by atoms with E-state index in [-0.39, 0.29) is 6.10 Å². The van der Waals surface area contributed by atoms with Crippen molar-refractivity contribution in [3.8, 4) is 5.75 Å². The van der Waals surface area contributed by atoms with Crippen molar-refractivity contribution >= 4 is 32.4 Å². The summed E-state index contributed by atoms with van der Waals surface area (Å²) in [6.45, 7) is 4.05. The van der Waals surface area contributed by atoms with Crippen molar-refractivity contribution in [1.29, 1.82) is 0 Å². The summed E-state index contributed by atoms with van der Waals surface area (Å²) >= 11 is 1.63. The van der Waals surface area contributed by atoms with Gasteiger partial charge in [0.2, 0.25) is 0 Å². The summed E-state index contributed by atoms with van der Waals surface area (Å²) < 4.78 is 6.83. The van der Waals surface area contributed by atoms with Gasteiger partial charge < -0.3 is 10.1 Å². The number of para-hydroxylation sites is 1. The van der Waals surface area contributed by atoms with Gasteiger partial charge in [-0.15, -0.1) is 0 Å². The second-order valence-corrected chi connectivity index (χ2v) is 5.84. The predicted molar refractivity (Wildman–Crippen MR) is 85.1 cm³/mol. The van der Waals surface area contributed by atoms with E-state index in [0.29, 0.717) is 0 Å². The third-order valence-electron chi connectivity index (χ3n) is 2.76. The molecule has 0 atom stereocenters. The summed E-state index contributed by atoms with van der Waals surface area (Å²) in [5.41, 5.74) is 2.04. The first-order valence-electron chi connectivity index (χ1n) is 6.60. The summed E-state index contributed by atoms with van der Waals surface area (Å²) in [7, 11) is 0. The molecule has 0 unspecified atom stereocenters. The van der Waals surface area contributed by atoms with E-state index in [1.54, 1.807) is 11.3 Å². The molecule has 0 bridgehead atoms. The van der Waals surface area contributed by atoms with Gasteiger partial charge in [-0.05, 0) is 44.2 Å². The van der Waals surface area contributed by atoms with Crippen LogP contribution in [0.15, 0.2) is 48.5 Å². The van der Waals surface area contributed by atoms with Crippen molar-refractivity contribution in [2.75, 3.05) is 5.32 Å². The second-order valence-electron chi connectivity index (χ2n) is 4.81. The van der Waals surface area contributed by atoms with E-state index < -0.39 is 0 Å². The number of nitrogens with one attached hydrogen (secondary N) is 1. The lowest BCUT2D eigenvalue weighted by molar-refractivity contribution is 0.243. The third-order valence-corrected chi connectivity index (χ3v) is 3.69. The third kappa shape index (κ3) is 2.91. The number of thiazole rings is 1. The molecule has 0 saturated carbocycles. The number of hydrogen-bond donors (Lipinski definition) is 1. The fourth-order valence-corrected chi connectivity index (χ4v) is 2.86. The Hall–Kier alpha value is -2.07. The molecule has 0 fully saturated rings. The quantitative estimate of drug-likeness (QED) is 0.745. The van der Waals surface area contributed by atoms with Crippen LogP contribution in [0.4, 0.5) is 10.8 Å². The van der Waals surface area contributed by atoms with E-state index >= 15 is 0 Å². The Morgan fingerprint density at radius 2 is 1.90 bits per heavy atom. The Kier molecular flexibility index (Phi) is 3.56. The van der Waals surface area contributed by atoms with Crippen molar-refractivity contribution in [2.24, 2.45) is 0 Å². The minimum absolute atomic E-state index is 0.183. The van der Waals surface area contributed by atoms with Crippen LogP contribution in [-0.2, 0) is 0 Å². The van der Waals surface area contributed by atoms with Gasteiger partial charge in [-0.1, -0.05) is 29.5 Å². The van der Waals surface area contributed by atoms with Crippen molar-refractivity contribution in [2.45, 2.75) is 20.0 Å². The van der Waals surface area contributed by atoms with Crippen LogP contribution in [0.2, 0.25) is 0 Å². The summed E-state index contributed by atoms with van der Waals surface area (Å²) in [6, 6.07) is 16.1. The molecule has 102 valence electrons. The zero-order chi connectivity index (χ0) is 13.9. The Morgan fingerprint density at radius 3 is 2.65 bits per heavy atom. The Bertz CT molecular complexity index is 707. The summed E-state index contributed by atoms with van der Waals surface area (Å²) in [4.78, 5) is 4.58. The van der Waals surface area contributed by atoms with Crippen LogP contribution in [0.3, 0.4) is 0 Å². The Balaban J connectivity index is 1.87. The van der Waals surface area contributed by atoms with Gasteiger partial charge in [-0.25, -0.2) is 4.98 Å². The average Bonchev–Trinajstić information content (AvgIpc) is 2.80. The number of nitrogens with zero attached hydrogens (tertiary/aromatic N) is 1. The molecule has 3 rings (SSSR count). The van der Waals surface area contributed by atoms with Gasteiger partial charge in [0.15, 0.2) is 5.13 Å². The number of ether oxygens (including phenoxy) is 1.